The van der Waals surface area contributed by atoms with Crippen LogP contribution in [0.2, 0.25) is 5.02 Å². The summed E-state index contributed by atoms with van der Waals surface area (Å²) in [5.41, 5.74) is -3.15. The summed E-state index contributed by atoms with van der Waals surface area (Å²) in [7, 11) is -4.18. The Bertz CT molecular complexity index is 1620. The first-order chi connectivity index (χ1) is 19.6. The molecule has 2 bridgehead atoms. The van der Waals surface area contributed by atoms with E-state index in [4.69, 9.17) is 11.6 Å². The van der Waals surface area contributed by atoms with Crippen LogP contribution in [0.4, 0.5) is 27.6 Å². The highest BCUT2D eigenvalue weighted by atomic mass is 35.5. The molecule has 2 aliphatic rings. The number of anilines is 1. The first-order valence-corrected chi connectivity index (χ1v) is 14.8. The third kappa shape index (κ3) is 5.38. The molecule has 0 spiro atoms. The minimum absolute atomic E-state index is 0.0532. The number of aromatic nitrogens is 1. The molecule has 2 fully saturated rings. The second-order valence-electron chi connectivity index (χ2n) is 10.6. The zero-order chi connectivity index (χ0) is 30.6. The van der Waals surface area contributed by atoms with Crippen LogP contribution < -0.4 is 5.32 Å². The standard InChI is InChI=1S/C28H24ClF5N2O5S/c29-20-6-1-14(26(38)36-18-5-7-21(30)22(31)12-18)9-24(20)42(40,41)19-10-15-2-3-16(11-19)27(15,39)25(37)23-8-4-17(13-35-23)28(32,33)34/h1,4-9,12-13,15-16,19,25,37,39H,2-3,10-11H2,(H,36,38)/t15-,16+,19-,25?,27-. The fourth-order valence-corrected chi connectivity index (χ4v) is 8.43. The lowest BCUT2D eigenvalue weighted by Crippen LogP contribution is -2.52. The number of carbonyl (C=O) groups is 1. The first kappa shape index (κ1) is 30.3. The van der Waals surface area contributed by atoms with Gasteiger partial charge in [0.15, 0.2) is 21.5 Å². The summed E-state index contributed by atoms with van der Waals surface area (Å²) in [5.74, 6) is -4.51. The molecule has 1 aromatic heterocycles. The topological polar surface area (TPSA) is 117 Å². The second kappa shape index (κ2) is 10.9. The van der Waals surface area contributed by atoms with Crippen molar-refractivity contribution in [2.75, 3.05) is 5.32 Å². The fourth-order valence-electron chi connectivity index (χ4n) is 6.03. The van der Waals surface area contributed by atoms with E-state index in [1.807, 2.05) is 0 Å². The number of rotatable bonds is 6. The van der Waals surface area contributed by atoms with E-state index in [1.54, 1.807) is 0 Å². The first-order valence-electron chi connectivity index (χ1n) is 12.9. The Morgan fingerprint density at radius 1 is 1.02 bits per heavy atom. The van der Waals surface area contributed by atoms with Crippen LogP contribution in [0.15, 0.2) is 59.6 Å². The Kier molecular flexibility index (Phi) is 7.84. The molecule has 3 N–H and O–H groups in total. The summed E-state index contributed by atoms with van der Waals surface area (Å²) in [4.78, 5) is 16.1. The van der Waals surface area contributed by atoms with Crippen molar-refractivity contribution in [3.05, 3.63) is 88.2 Å². The van der Waals surface area contributed by atoms with Crippen LogP contribution in [0.3, 0.4) is 0 Å². The van der Waals surface area contributed by atoms with Gasteiger partial charge in [-0.05, 0) is 80.0 Å². The van der Waals surface area contributed by atoms with E-state index in [-0.39, 0.29) is 39.7 Å². The van der Waals surface area contributed by atoms with Crippen LogP contribution in [0.25, 0.3) is 0 Å². The highest BCUT2D eigenvalue weighted by Gasteiger charge is 2.59. The molecule has 0 radical (unpaired) electrons. The molecule has 2 aromatic carbocycles. The van der Waals surface area contributed by atoms with Crippen LogP contribution in [-0.2, 0) is 16.0 Å². The molecular weight excluding hydrogens is 607 g/mol. The number of benzene rings is 2. The largest absolute Gasteiger partial charge is 0.417 e. The highest BCUT2D eigenvalue weighted by molar-refractivity contribution is 7.92. The Balaban J connectivity index is 1.37. The maximum absolute atomic E-state index is 13.8. The van der Waals surface area contributed by atoms with Crippen molar-refractivity contribution in [2.45, 2.75) is 53.7 Å². The highest BCUT2D eigenvalue weighted by Crippen LogP contribution is 2.56. The van der Waals surface area contributed by atoms with Gasteiger partial charge in [-0.25, -0.2) is 17.2 Å². The molecule has 2 saturated carbocycles. The molecule has 42 heavy (non-hydrogen) atoms. The lowest BCUT2D eigenvalue weighted by atomic mass is 9.70. The predicted octanol–water partition coefficient (Wildman–Crippen LogP) is 5.71. The van der Waals surface area contributed by atoms with E-state index in [2.05, 4.69) is 10.3 Å². The maximum Gasteiger partial charge on any atom is 0.417 e. The van der Waals surface area contributed by atoms with E-state index in [0.717, 1.165) is 36.4 Å². The summed E-state index contributed by atoms with van der Waals surface area (Å²) in [6.45, 7) is 0. The number of hydrogen-bond acceptors (Lipinski definition) is 6. The number of fused-ring (bicyclic) bond motifs is 2. The number of nitrogens with zero attached hydrogens (tertiary/aromatic N) is 1. The van der Waals surface area contributed by atoms with Gasteiger partial charge in [0, 0.05) is 23.5 Å². The predicted molar refractivity (Wildman–Crippen MR) is 141 cm³/mol. The zero-order valence-corrected chi connectivity index (χ0v) is 23.1. The van der Waals surface area contributed by atoms with Gasteiger partial charge in [-0.3, -0.25) is 9.78 Å². The number of aliphatic hydroxyl groups is 2. The van der Waals surface area contributed by atoms with Crippen LogP contribution in [-0.4, -0.2) is 40.4 Å². The number of carbonyl (C=O) groups excluding carboxylic acids is 1. The Hall–Kier alpha value is -3.13. The summed E-state index contributed by atoms with van der Waals surface area (Å²) >= 11 is 6.24. The van der Waals surface area contributed by atoms with E-state index < -0.39 is 67.9 Å². The Morgan fingerprint density at radius 3 is 2.26 bits per heavy atom. The number of halogens is 6. The molecule has 0 saturated heterocycles. The van der Waals surface area contributed by atoms with E-state index >= 15 is 0 Å². The van der Waals surface area contributed by atoms with Crippen molar-refractivity contribution in [2.24, 2.45) is 11.8 Å². The summed E-state index contributed by atoms with van der Waals surface area (Å²) < 4.78 is 93.1. The van der Waals surface area contributed by atoms with Gasteiger partial charge in [0.05, 0.1) is 26.4 Å². The van der Waals surface area contributed by atoms with Crippen LogP contribution in [0.1, 0.15) is 53.4 Å². The molecule has 1 heterocycles. The lowest BCUT2D eigenvalue weighted by Gasteiger charge is -2.45. The van der Waals surface area contributed by atoms with Crippen LogP contribution >= 0.6 is 11.6 Å². The normalized spacial score (nSPS) is 24.8. The molecule has 2 aliphatic carbocycles. The molecule has 224 valence electrons. The van der Waals surface area contributed by atoms with Gasteiger partial charge in [0.25, 0.3) is 5.91 Å². The van der Waals surface area contributed by atoms with E-state index in [9.17, 15) is 45.4 Å². The molecule has 1 unspecified atom stereocenters. The molecule has 3 aromatic rings. The molecule has 0 aliphatic heterocycles. The SMILES string of the molecule is O=C(Nc1ccc(F)c(F)c1)c1ccc(Cl)c(S(=O)(=O)[C@@H]2C[C@H]3CC[C@@H](C2)[C@@]3(O)C(O)c2ccc(C(F)(F)F)cn2)c1. The lowest BCUT2D eigenvalue weighted by molar-refractivity contribution is -0.146. The third-order valence-electron chi connectivity index (χ3n) is 8.21. The van der Waals surface area contributed by atoms with Gasteiger partial charge in [0.1, 0.15) is 11.7 Å². The van der Waals surface area contributed by atoms with Gasteiger partial charge in [0.2, 0.25) is 0 Å². The van der Waals surface area contributed by atoms with Crippen molar-refractivity contribution in [1.82, 2.24) is 4.98 Å². The smallest absolute Gasteiger partial charge is 0.386 e. The Morgan fingerprint density at radius 2 is 1.69 bits per heavy atom. The number of nitrogens with one attached hydrogen (secondary N) is 1. The number of pyridine rings is 1. The van der Waals surface area contributed by atoms with Gasteiger partial charge in [-0.2, -0.15) is 13.2 Å². The number of amides is 1. The Labute approximate surface area is 242 Å². The fraction of sp³-hybridized carbons (Fsp3) is 0.357. The van der Waals surface area contributed by atoms with Crippen LogP contribution in [0.5, 0.6) is 0 Å². The number of aliphatic hydroxyl groups excluding tert-OH is 1. The average Bonchev–Trinajstić information content (AvgIpc) is 3.10. The number of alkyl halides is 3. The zero-order valence-electron chi connectivity index (χ0n) is 21.6. The van der Waals surface area contributed by atoms with Crippen LogP contribution in [0, 0.1) is 23.5 Å². The minimum atomic E-state index is -4.63. The minimum Gasteiger partial charge on any atom is -0.386 e. The maximum atomic E-state index is 13.8. The van der Waals surface area contributed by atoms with Gasteiger partial charge in [-0.1, -0.05) is 11.6 Å². The number of sulfone groups is 1. The quantitative estimate of drug-likeness (QED) is 0.301. The van der Waals surface area contributed by atoms with Crippen molar-refractivity contribution < 1.29 is 45.4 Å². The molecule has 5 atom stereocenters. The van der Waals surface area contributed by atoms with Crippen molar-refractivity contribution in [3.63, 3.8) is 0 Å². The summed E-state index contributed by atoms with van der Waals surface area (Å²) in [6.07, 6.45) is -5.12. The number of hydrogen-bond donors (Lipinski definition) is 3. The van der Waals surface area contributed by atoms with Gasteiger partial charge in [-0.15, -0.1) is 0 Å². The molecule has 7 nitrogen and oxygen atoms in total. The van der Waals surface area contributed by atoms with Gasteiger partial charge >= 0.3 is 6.18 Å². The van der Waals surface area contributed by atoms with E-state index in [0.29, 0.717) is 19.0 Å². The molecule has 1 amide bonds. The van der Waals surface area contributed by atoms with Gasteiger partial charge < -0.3 is 15.5 Å². The van der Waals surface area contributed by atoms with Crippen molar-refractivity contribution in [3.8, 4) is 0 Å². The molecule has 5 rings (SSSR count). The molecule has 14 heteroatoms. The summed E-state index contributed by atoms with van der Waals surface area (Å²) in [5, 5.41) is 23.8. The van der Waals surface area contributed by atoms with Crippen molar-refractivity contribution >= 4 is 33.0 Å². The van der Waals surface area contributed by atoms with Crippen molar-refractivity contribution in [1.29, 1.82) is 0 Å². The third-order valence-corrected chi connectivity index (χ3v) is 10.9. The van der Waals surface area contributed by atoms with E-state index in [1.165, 1.54) is 12.1 Å². The second-order valence-corrected chi connectivity index (χ2v) is 13.2. The molecular formula is C28H24ClF5N2O5S. The monoisotopic (exact) mass is 630 g/mol. The summed E-state index contributed by atoms with van der Waals surface area (Å²) in [6, 6.07) is 8.05. The average molecular weight is 631 g/mol.